The lowest BCUT2D eigenvalue weighted by Gasteiger charge is -2.17. The molecule has 0 atom stereocenters. The van der Waals surface area contributed by atoms with Gasteiger partial charge < -0.3 is 24.3 Å². The summed E-state index contributed by atoms with van der Waals surface area (Å²) in [6.45, 7) is 0.327. The van der Waals surface area contributed by atoms with Crippen LogP contribution in [0.2, 0.25) is 0 Å². The Morgan fingerprint density at radius 1 is 1.05 bits per heavy atom. The molecule has 0 radical (unpaired) electrons. The highest BCUT2D eigenvalue weighted by molar-refractivity contribution is 7.92. The van der Waals surface area contributed by atoms with Gasteiger partial charge in [0, 0.05) is 11.8 Å². The molecule has 10 nitrogen and oxygen atoms in total. The van der Waals surface area contributed by atoms with Crippen LogP contribution in [0.4, 0.5) is 18.9 Å². The van der Waals surface area contributed by atoms with Gasteiger partial charge in [0.2, 0.25) is 5.91 Å². The standard InChI is InChI=1S/C23H24N2O6S.C2HF3O2/c1-29-18-9-10-20(30-2)21(14-18)32(27,28)25-17-7-5-16(6-8-17)23(11-12-23)22(26)24-15-19-4-3-13-31-19;3-2(4,5)1(6)7/h3-10,13-14,25H,11-12,15H2,1-2H3,(H,24,26);(H,6,7). The number of amides is 1. The van der Waals surface area contributed by atoms with Crippen molar-refractivity contribution in [1.82, 2.24) is 5.32 Å². The highest BCUT2D eigenvalue weighted by atomic mass is 32.2. The van der Waals surface area contributed by atoms with Crippen LogP contribution in [0.3, 0.4) is 0 Å². The number of methoxy groups -OCH3 is 2. The fourth-order valence-corrected chi connectivity index (χ4v) is 4.83. The van der Waals surface area contributed by atoms with E-state index in [9.17, 15) is 26.4 Å². The third kappa shape index (κ3) is 7.22. The zero-order valence-corrected chi connectivity index (χ0v) is 21.6. The van der Waals surface area contributed by atoms with Crippen molar-refractivity contribution in [3.8, 4) is 11.5 Å². The molecule has 1 aliphatic rings. The van der Waals surface area contributed by atoms with Gasteiger partial charge in [0.25, 0.3) is 10.0 Å². The molecule has 0 spiro atoms. The van der Waals surface area contributed by atoms with Crippen molar-refractivity contribution in [2.24, 2.45) is 0 Å². The van der Waals surface area contributed by atoms with Gasteiger partial charge in [-0.1, -0.05) is 12.1 Å². The highest BCUT2D eigenvalue weighted by Crippen LogP contribution is 2.48. The van der Waals surface area contributed by atoms with E-state index in [1.807, 2.05) is 0 Å². The third-order valence-corrected chi connectivity index (χ3v) is 7.18. The molecule has 1 heterocycles. The summed E-state index contributed by atoms with van der Waals surface area (Å²) in [5.41, 5.74) is 0.641. The van der Waals surface area contributed by atoms with Gasteiger partial charge in [-0.25, -0.2) is 13.2 Å². The van der Waals surface area contributed by atoms with Crippen molar-refractivity contribution in [2.75, 3.05) is 18.9 Å². The molecule has 0 saturated heterocycles. The number of nitrogens with one attached hydrogen (secondary N) is 2. The molecule has 1 amide bonds. The number of halogens is 3. The Bertz CT molecular complexity index is 1400. The van der Waals surface area contributed by atoms with E-state index in [0.29, 0.717) is 23.7 Å². The summed E-state index contributed by atoms with van der Waals surface area (Å²) >= 11 is 0. The molecule has 3 aromatic rings. The quantitative estimate of drug-likeness (QED) is 0.349. The predicted molar refractivity (Wildman–Crippen MR) is 132 cm³/mol. The first-order chi connectivity index (χ1) is 18.3. The van der Waals surface area contributed by atoms with Crippen molar-refractivity contribution in [1.29, 1.82) is 0 Å². The monoisotopic (exact) mass is 570 g/mol. The maximum absolute atomic E-state index is 12.9. The number of furan rings is 1. The lowest BCUT2D eigenvalue weighted by atomic mass is 9.95. The van der Waals surface area contributed by atoms with Crippen molar-refractivity contribution < 1.29 is 50.2 Å². The minimum atomic E-state index is -5.08. The van der Waals surface area contributed by atoms with Gasteiger partial charge in [-0.2, -0.15) is 13.2 Å². The maximum Gasteiger partial charge on any atom is 0.490 e. The Balaban J connectivity index is 0.000000532. The summed E-state index contributed by atoms with van der Waals surface area (Å²) in [7, 11) is -1.05. The second kappa shape index (κ2) is 11.7. The number of hydrogen-bond donors (Lipinski definition) is 3. The fourth-order valence-electron chi connectivity index (χ4n) is 3.58. The molecule has 3 N–H and O–H groups in total. The van der Waals surface area contributed by atoms with Gasteiger partial charge in [0.1, 0.15) is 22.2 Å². The highest BCUT2D eigenvalue weighted by Gasteiger charge is 2.51. The second-order valence-corrected chi connectivity index (χ2v) is 10.00. The minimum Gasteiger partial charge on any atom is -0.497 e. The van der Waals surface area contributed by atoms with Crippen LogP contribution in [0.15, 0.2) is 70.2 Å². The van der Waals surface area contributed by atoms with Crippen molar-refractivity contribution in [3.05, 3.63) is 72.2 Å². The molecular formula is C25H25F3N2O8S. The van der Waals surface area contributed by atoms with Crippen molar-refractivity contribution in [2.45, 2.75) is 35.9 Å². The minimum absolute atomic E-state index is 0.0283. The molecule has 1 aromatic heterocycles. The first-order valence-corrected chi connectivity index (χ1v) is 12.8. The van der Waals surface area contributed by atoms with Gasteiger partial charge in [0.05, 0.1) is 32.4 Å². The van der Waals surface area contributed by atoms with Gasteiger partial charge in [-0.3, -0.25) is 9.52 Å². The Labute approximate surface area is 221 Å². The lowest BCUT2D eigenvalue weighted by Crippen LogP contribution is -2.34. The van der Waals surface area contributed by atoms with Crippen LogP contribution in [0, 0.1) is 0 Å². The predicted octanol–water partition coefficient (Wildman–Crippen LogP) is 4.08. The zero-order valence-electron chi connectivity index (χ0n) is 20.7. The molecule has 14 heteroatoms. The van der Waals surface area contributed by atoms with Gasteiger partial charge in [-0.05, 0) is 54.8 Å². The molecule has 210 valence electrons. The van der Waals surface area contributed by atoms with Crippen LogP contribution in [0.1, 0.15) is 24.2 Å². The average molecular weight is 571 g/mol. The molecule has 1 saturated carbocycles. The molecule has 0 bridgehead atoms. The second-order valence-electron chi connectivity index (χ2n) is 8.35. The van der Waals surface area contributed by atoms with Gasteiger partial charge >= 0.3 is 12.1 Å². The summed E-state index contributed by atoms with van der Waals surface area (Å²) in [6.07, 6.45) is -2.04. The van der Waals surface area contributed by atoms with E-state index in [-0.39, 0.29) is 16.6 Å². The number of carboxylic acid groups (broad SMARTS) is 1. The average Bonchev–Trinajstić information content (AvgIpc) is 3.54. The van der Waals surface area contributed by atoms with Crippen LogP contribution in [0.25, 0.3) is 0 Å². The first kappa shape index (κ1) is 29.4. The number of alkyl halides is 3. The summed E-state index contributed by atoms with van der Waals surface area (Å²) < 4.78 is 75.7. The number of carboxylic acids is 1. The topological polar surface area (TPSA) is 144 Å². The summed E-state index contributed by atoms with van der Waals surface area (Å²) in [5.74, 6) is -1.53. The van der Waals surface area contributed by atoms with Crippen molar-refractivity contribution in [3.63, 3.8) is 0 Å². The van der Waals surface area contributed by atoms with E-state index in [1.165, 1.54) is 26.4 Å². The number of sulfonamides is 1. The normalized spacial score (nSPS) is 13.9. The summed E-state index contributed by atoms with van der Waals surface area (Å²) in [4.78, 5) is 21.6. The van der Waals surface area contributed by atoms with Crippen LogP contribution < -0.4 is 19.5 Å². The third-order valence-electron chi connectivity index (χ3n) is 5.78. The number of aliphatic carboxylic acids is 1. The largest absolute Gasteiger partial charge is 0.497 e. The van der Waals surface area contributed by atoms with E-state index in [0.717, 1.165) is 18.4 Å². The SMILES string of the molecule is COc1ccc(OC)c(S(=O)(=O)Nc2ccc(C3(C(=O)NCc4ccco4)CC3)cc2)c1.O=C(O)C(F)(F)F. The van der Waals surface area contributed by atoms with E-state index >= 15 is 0 Å². The molecule has 39 heavy (non-hydrogen) atoms. The summed E-state index contributed by atoms with van der Waals surface area (Å²) in [5, 5.41) is 10.0. The number of carbonyl (C=O) groups excluding carboxylic acids is 1. The van der Waals surface area contributed by atoms with Gasteiger partial charge in [-0.15, -0.1) is 0 Å². The van der Waals surface area contributed by atoms with E-state index < -0.39 is 27.6 Å². The smallest absolute Gasteiger partial charge is 0.490 e. The van der Waals surface area contributed by atoms with Crippen LogP contribution >= 0.6 is 0 Å². The van der Waals surface area contributed by atoms with Crippen LogP contribution in [-0.4, -0.2) is 45.8 Å². The first-order valence-electron chi connectivity index (χ1n) is 11.3. The number of carbonyl (C=O) groups is 2. The maximum atomic E-state index is 12.9. The van der Waals surface area contributed by atoms with E-state index in [4.69, 9.17) is 23.8 Å². The molecule has 1 aliphatic carbocycles. The molecule has 1 fully saturated rings. The molecule has 0 unspecified atom stereocenters. The fraction of sp³-hybridized carbons (Fsp3) is 0.280. The molecule has 0 aliphatic heterocycles. The molecule has 2 aromatic carbocycles. The Morgan fingerprint density at radius 2 is 1.69 bits per heavy atom. The Hall–Kier alpha value is -4.20. The molecular weight excluding hydrogens is 545 g/mol. The lowest BCUT2D eigenvalue weighted by molar-refractivity contribution is -0.192. The van der Waals surface area contributed by atoms with Crippen LogP contribution in [0.5, 0.6) is 11.5 Å². The Kier molecular flexibility index (Phi) is 8.79. The molecule has 4 rings (SSSR count). The summed E-state index contributed by atoms with van der Waals surface area (Å²) in [6, 6.07) is 15.0. The number of anilines is 1. The number of rotatable bonds is 9. The number of ether oxygens (including phenoxy) is 2. The van der Waals surface area contributed by atoms with Crippen molar-refractivity contribution >= 4 is 27.6 Å². The van der Waals surface area contributed by atoms with E-state index in [2.05, 4.69) is 10.0 Å². The number of benzene rings is 2. The van der Waals surface area contributed by atoms with Gasteiger partial charge in [0.15, 0.2) is 0 Å². The zero-order chi connectivity index (χ0) is 28.8. The van der Waals surface area contributed by atoms with Crippen LogP contribution in [-0.2, 0) is 31.6 Å². The Morgan fingerprint density at radius 3 is 2.18 bits per heavy atom. The number of hydrogen-bond acceptors (Lipinski definition) is 7. The van der Waals surface area contributed by atoms with E-state index in [1.54, 1.807) is 48.7 Å².